The Bertz CT molecular complexity index is 303. The van der Waals surface area contributed by atoms with Crippen LogP contribution in [0.25, 0.3) is 0 Å². The maximum Gasteiger partial charge on any atom is 0.153 e. The first-order valence-electron chi connectivity index (χ1n) is 4.98. The first-order valence-corrected chi connectivity index (χ1v) is 4.98. The standard InChI is InChI=1S/C10H14N2O2/c13-8-9-5-11-12(6-9)7-10-3-1-2-4-14-10/h5-6,8,10H,1-4,7H2. The van der Waals surface area contributed by atoms with Crippen LogP contribution in [0.4, 0.5) is 0 Å². The van der Waals surface area contributed by atoms with Crippen LogP contribution in [0.3, 0.4) is 0 Å². The normalized spacial score (nSPS) is 22.1. The largest absolute Gasteiger partial charge is 0.376 e. The molecule has 4 nitrogen and oxygen atoms in total. The van der Waals surface area contributed by atoms with Gasteiger partial charge in [0.25, 0.3) is 0 Å². The van der Waals surface area contributed by atoms with Gasteiger partial charge in [0, 0.05) is 12.8 Å². The molecule has 0 N–H and O–H groups in total. The lowest BCUT2D eigenvalue weighted by atomic mass is 10.1. The monoisotopic (exact) mass is 194 g/mol. The highest BCUT2D eigenvalue weighted by atomic mass is 16.5. The van der Waals surface area contributed by atoms with Crippen molar-refractivity contribution in [3.05, 3.63) is 18.0 Å². The lowest BCUT2D eigenvalue weighted by molar-refractivity contribution is 0.00398. The van der Waals surface area contributed by atoms with Gasteiger partial charge in [-0.15, -0.1) is 0 Å². The van der Waals surface area contributed by atoms with Crippen LogP contribution in [0.5, 0.6) is 0 Å². The van der Waals surface area contributed by atoms with Crippen LogP contribution in [-0.4, -0.2) is 28.8 Å². The van der Waals surface area contributed by atoms with E-state index in [1.54, 1.807) is 17.1 Å². The molecule has 1 saturated heterocycles. The van der Waals surface area contributed by atoms with Gasteiger partial charge in [0.15, 0.2) is 6.29 Å². The smallest absolute Gasteiger partial charge is 0.153 e. The molecule has 76 valence electrons. The molecule has 2 heterocycles. The molecule has 1 atom stereocenters. The third kappa shape index (κ3) is 2.20. The molecule has 0 saturated carbocycles. The lowest BCUT2D eigenvalue weighted by Crippen LogP contribution is -2.24. The number of ether oxygens (including phenoxy) is 1. The fourth-order valence-electron chi connectivity index (χ4n) is 1.70. The second-order valence-corrected chi connectivity index (χ2v) is 3.60. The molecule has 2 rings (SSSR count). The summed E-state index contributed by atoms with van der Waals surface area (Å²) in [6.07, 6.45) is 7.90. The predicted octanol–water partition coefficient (Wildman–Crippen LogP) is 1.26. The Labute approximate surface area is 82.9 Å². The van der Waals surface area contributed by atoms with E-state index >= 15 is 0 Å². The van der Waals surface area contributed by atoms with Crippen molar-refractivity contribution in [2.75, 3.05) is 6.61 Å². The van der Waals surface area contributed by atoms with Gasteiger partial charge in [-0.1, -0.05) is 0 Å². The lowest BCUT2D eigenvalue weighted by Gasteiger charge is -2.22. The van der Waals surface area contributed by atoms with E-state index in [-0.39, 0.29) is 6.10 Å². The number of hydrogen-bond acceptors (Lipinski definition) is 3. The van der Waals surface area contributed by atoms with E-state index in [1.165, 1.54) is 6.42 Å². The maximum absolute atomic E-state index is 10.4. The summed E-state index contributed by atoms with van der Waals surface area (Å²) < 4.78 is 7.35. The molecule has 0 radical (unpaired) electrons. The molecular formula is C10H14N2O2. The van der Waals surface area contributed by atoms with E-state index in [9.17, 15) is 4.79 Å². The Balaban J connectivity index is 1.92. The number of carbonyl (C=O) groups excluding carboxylic acids is 1. The van der Waals surface area contributed by atoms with Crippen LogP contribution in [0.2, 0.25) is 0 Å². The van der Waals surface area contributed by atoms with E-state index in [2.05, 4.69) is 5.10 Å². The third-order valence-corrected chi connectivity index (χ3v) is 2.45. The predicted molar refractivity (Wildman–Crippen MR) is 51.2 cm³/mol. The Morgan fingerprint density at radius 2 is 2.57 bits per heavy atom. The molecule has 1 aromatic heterocycles. The Kier molecular flexibility index (Phi) is 2.93. The van der Waals surface area contributed by atoms with Gasteiger partial charge in [0.2, 0.25) is 0 Å². The fourth-order valence-corrected chi connectivity index (χ4v) is 1.70. The molecule has 0 bridgehead atoms. The van der Waals surface area contributed by atoms with Crippen LogP contribution in [-0.2, 0) is 11.3 Å². The first kappa shape index (κ1) is 9.40. The van der Waals surface area contributed by atoms with Crippen LogP contribution < -0.4 is 0 Å². The average Bonchev–Trinajstić information content (AvgIpc) is 2.67. The van der Waals surface area contributed by atoms with Crippen LogP contribution in [0.15, 0.2) is 12.4 Å². The number of aromatic nitrogens is 2. The van der Waals surface area contributed by atoms with Crippen molar-refractivity contribution < 1.29 is 9.53 Å². The Morgan fingerprint density at radius 1 is 1.64 bits per heavy atom. The summed E-state index contributed by atoms with van der Waals surface area (Å²) in [7, 11) is 0. The van der Waals surface area contributed by atoms with E-state index in [4.69, 9.17) is 4.74 Å². The highest BCUT2D eigenvalue weighted by Crippen LogP contribution is 2.14. The van der Waals surface area contributed by atoms with Gasteiger partial charge in [0.05, 0.1) is 24.4 Å². The van der Waals surface area contributed by atoms with Crippen LogP contribution in [0.1, 0.15) is 29.6 Å². The van der Waals surface area contributed by atoms with Gasteiger partial charge in [-0.25, -0.2) is 0 Å². The summed E-state index contributed by atoms with van der Waals surface area (Å²) in [5.41, 5.74) is 0.626. The Morgan fingerprint density at radius 3 is 3.21 bits per heavy atom. The van der Waals surface area contributed by atoms with Gasteiger partial charge >= 0.3 is 0 Å². The molecule has 1 aromatic rings. The van der Waals surface area contributed by atoms with Crippen molar-refractivity contribution >= 4 is 6.29 Å². The number of rotatable bonds is 3. The fraction of sp³-hybridized carbons (Fsp3) is 0.600. The molecule has 1 aliphatic rings. The molecule has 0 aliphatic carbocycles. The van der Waals surface area contributed by atoms with Gasteiger partial charge in [-0.3, -0.25) is 9.48 Å². The van der Waals surface area contributed by atoms with Gasteiger partial charge in [0.1, 0.15) is 0 Å². The summed E-state index contributed by atoms with van der Waals surface area (Å²) in [6.45, 7) is 1.61. The highest BCUT2D eigenvalue weighted by Gasteiger charge is 2.14. The molecule has 1 fully saturated rings. The molecular weight excluding hydrogens is 180 g/mol. The van der Waals surface area contributed by atoms with Gasteiger partial charge in [-0.05, 0) is 19.3 Å². The van der Waals surface area contributed by atoms with Crippen molar-refractivity contribution in [3.63, 3.8) is 0 Å². The molecule has 1 unspecified atom stereocenters. The average molecular weight is 194 g/mol. The van der Waals surface area contributed by atoms with E-state index in [1.807, 2.05) is 0 Å². The van der Waals surface area contributed by atoms with Crippen molar-refractivity contribution in [1.29, 1.82) is 0 Å². The summed E-state index contributed by atoms with van der Waals surface area (Å²) in [4.78, 5) is 10.4. The topological polar surface area (TPSA) is 44.1 Å². The van der Waals surface area contributed by atoms with Crippen molar-refractivity contribution in [1.82, 2.24) is 9.78 Å². The molecule has 0 amide bonds. The maximum atomic E-state index is 10.4. The van der Waals surface area contributed by atoms with Crippen LogP contribution in [0, 0.1) is 0 Å². The first-order chi connectivity index (χ1) is 6.88. The van der Waals surface area contributed by atoms with E-state index < -0.39 is 0 Å². The molecule has 14 heavy (non-hydrogen) atoms. The zero-order chi connectivity index (χ0) is 9.80. The Hall–Kier alpha value is -1.16. The van der Waals surface area contributed by atoms with Gasteiger partial charge in [-0.2, -0.15) is 5.10 Å². The van der Waals surface area contributed by atoms with E-state index in [0.717, 1.165) is 32.3 Å². The zero-order valence-electron chi connectivity index (χ0n) is 8.06. The minimum Gasteiger partial charge on any atom is -0.376 e. The second kappa shape index (κ2) is 4.37. The molecule has 0 aromatic carbocycles. The molecule has 1 aliphatic heterocycles. The zero-order valence-corrected chi connectivity index (χ0v) is 8.06. The minimum atomic E-state index is 0.267. The number of hydrogen-bond donors (Lipinski definition) is 0. The number of carbonyl (C=O) groups is 1. The van der Waals surface area contributed by atoms with Gasteiger partial charge < -0.3 is 4.74 Å². The SMILES string of the molecule is O=Cc1cnn(CC2CCCCO2)c1. The quantitative estimate of drug-likeness (QED) is 0.680. The highest BCUT2D eigenvalue weighted by molar-refractivity contribution is 5.73. The minimum absolute atomic E-state index is 0.267. The molecule has 4 heteroatoms. The van der Waals surface area contributed by atoms with Crippen LogP contribution >= 0.6 is 0 Å². The van der Waals surface area contributed by atoms with E-state index in [0.29, 0.717) is 5.56 Å². The summed E-state index contributed by atoms with van der Waals surface area (Å²) in [5.74, 6) is 0. The summed E-state index contributed by atoms with van der Waals surface area (Å²) in [6, 6.07) is 0. The summed E-state index contributed by atoms with van der Waals surface area (Å²) in [5, 5.41) is 4.09. The van der Waals surface area contributed by atoms with Crippen molar-refractivity contribution in [3.8, 4) is 0 Å². The number of aldehydes is 1. The van der Waals surface area contributed by atoms with Crippen molar-refractivity contribution in [2.45, 2.75) is 31.9 Å². The second-order valence-electron chi connectivity index (χ2n) is 3.60. The number of nitrogens with zero attached hydrogens (tertiary/aromatic N) is 2. The van der Waals surface area contributed by atoms with Crippen molar-refractivity contribution in [2.24, 2.45) is 0 Å². The summed E-state index contributed by atoms with van der Waals surface area (Å²) >= 11 is 0. The molecule has 0 spiro atoms. The third-order valence-electron chi connectivity index (χ3n) is 2.45.